The Hall–Kier alpha value is -1.72. The zero-order valence-corrected chi connectivity index (χ0v) is 12.9. The highest BCUT2D eigenvalue weighted by molar-refractivity contribution is 9.10. The Labute approximate surface area is 131 Å². The van der Waals surface area contributed by atoms with Gasteiger partial charge in [0.1, 0.15) is 5.92 Å². The molecule has 0 heterocycles. The van der Waals surface area contributed by atoms with E-state index < -0.39 is 5.92 Å². The number of hydrogen-bond acceptors (Lipinski definition) is 2. The summed E-state index contributed by atoms with van der Waals surface area (Å²) in [6.45, 7) is 0. The van der Waals surface area contributed by atoms with Crippen LogP contribution < -0.4 is 11.1 Å². The van der Waals surface area contributed by atoms with Gasteiger partial charge in [-0.2, -0.15) is 0 Å². The molecular formula is C15H13BrN2OS. The van der Waals surface area contributed by atoms with Crippen molar-refractivity contribution >= 4 is 44.7 Å². The minimum Gasteiger partial charge on any atom is -0.392 e. The number of rotatable bonds is 4. The minimum absolute atomic E-state index is 0.158. The van der Waals surface area contributed by atoms with Crippen LogP contribution in [0.2, 0.25) is 0 Å². The molecule has 0 aliphatic rings. The van der Waals surface area contributed by atoms with Crippen LogP contribution in [0.5, 0.6) is 0 Å². The number of thiocarbonyl (C=S) groups is 1. The molecule has 20 heavy (non-hydrogen) atoms. The van der Waals surface area contributed by atoms with Gasteiger partial charge in [-0.15, -0.1) is 0 Å². The highest BCUT2D eigenvalue weighted by Crippen LogP contribution is 2.20. The van der Waals surface area contributed by atoms with Crippen LogP contribution in [0.1, 0.15) is 11.5 Å². The van der Waals surface area contributed by atoms with E-state index in [9.17, 15) is 4.79 Å². The van der Waals surface area contributed by atoms with Crippen molar-refractivity contribution in [3.63, 3.8) is 0 Å². The first kappa shape index (κ1) is 14.7. The Balaban J connectivity index is 2.20. The van der Waals surface area contributed by atoms with E-state index in [1.165, 1.54) is 0 Å². The normalized spacial score (nSPS) is 11.7. The molecule has 0 radical (unpaired) electrons. The number of nitrogens with two attached hydrogens (primary N) is 1. The van der Waals surface area contributed by atoms with Gasteiger partial charge < -0.3 is 11.1 Å². The Morgan fingerprint density at radius 1 is 1.10 bits per heavy atom. The summed E-state index contributed by atoms with van der Waals surface area (Å²) < 4.78 is 0.949. The van der Waals surface area contributed by atoms with Crippen molar-refractivity contribution < 1.29 is 4.79 Å². The molecule has 5 heteroatoms. The highest BCUT2D eigenvalue weighted by atomic mass is 79.9. The summed E-state index contributed by atoms with van der Waals surface area (Å²) in [6, 6.07) is 16.6. The maximum atomic E-state index is 12.3. The lowest BCUT2D eigenvalue weighted by Gasteiger charge is -2.16. The Bertz CT molecular complexity index is 614. The van der Waals surface area contributed by atoms with Crippen LogP contribution in [0, 0.1) is 0 Å². The maximum Gasteiger partial charge on any atom is 0.238 e. The first-order chi connectivity index (χ1) is 9.58. The van der Waals surface area contributed by atoms with Gasteiger partial charge in [0.2, 0.25) is 5.91 Å². The molecule has 0 aliphatic carbocycles. The molecule has 0 aromatic heterocycles. The van der Waals surface area contributed by atoms with E-state index in [0.29, 0.717) is 5.69 Å². The van der Waals surface area contributed by atoms with Crippen molar-refractivity contribution in [1.82, 2.24) is 0 Å². The van der Waals surface area contributed by atoms with E-state index in [1.807, 2.05) is 54.6 Å². The largest absolute Gasteiger partial charge is 0.392 e. The standard InChI is InChI=1S/C15H13BrN2OS/c16-11-6-8-12(9-7-11)18-15(19)13(14(17)20)10-4-2-1-3-5-10/h1-9,13H,(H2,17,20)(H,18,19). The Morgan fingerprint density at radius 3 is 2.25 bits per heavy atom. The number of benzene rings is 2. The lowest BCUT2D eigenvalue weighted by atomic mass is 9.98. The van der Waals surface area contributed by atoms with Gasteiger partial charge in [-0.3, -0.25) is 4.79 Å². The summed E-state index contributed by atoms with van der Waals surface area (Å²) in [5, 5.41) is 2.82. The van der Waals surface area contributed by atoms with E-state index >= 15 is 0 Å². The zero-order valence-electron chi connectivity index (χ0n) is 10.5. The van der Waals surface area contributed by atoms with Gasteiger partial charge >= 0.3 is 0 Å². The Morgan fingerprint density at radius 2 is 1.70 bits per heavy atom. The summed E-state index contributed by atoms with van der Waals surface area (Å²) in [5.41, 5.74) is 7.20. The van der Waals surface area contributed by atoms with E-state index in [2.05, 4.69) is 21.2 Å². The summed E-state index contributed by atoms with van der Waals surface area (Å²) in [4.78, 5) is 12.5. The second-order valence-corrected chi connectivity index (χ2v) is 5.63. The average Bonchev–Trinajstić information content (AvgIpc) is 2.42. The molecule has 2 aromatic carbocycles. The number of halogens is 1. The molecule has 0 aliphatic heterocycles. The van der Waals surface area contributed by atoms with Gasteiger partial charge in [0, 0.05) is 10.2 Å². The predicted octanol–water partition coefficient (Wildman–Crippen LogP) is 3.46. The molecule has 0 saturated carbocycles. The van der Waals surface area contributed by atoms with E-state index in [-0.39, 0.29) is 10.9 Å². The van der Waals surface area contributed by atoms with Gasteiger partial charge in [-0.1, -0.05) is 58.5 Å². The SMILES string of the molecule is NC(=S)C(C(=O)Nc1ccc(Br)cc1)c1ccccc1. The van der Waals surface area contributed by atoms with Gasteiger partial charge in [0.25, 0.3) is 0 Å². The lowest BCUT2D eigenvalue weighted by Crippen LogP contribution is -2.31. The van der Waals surface area contributed by atoms with Crippen LogP contribution in [-0.4, -0.2) is 10.9 Å². The zero-order chi connectivity index (χ0) is 14.5. The van der Waals surface area contributed by atoms with Gasteiger partial charge in [-0.25, -0.2) is 0 Å². The maximum absolute atomic E-state index is 12.3. The van der Waals surface area contributed by atoms with Crippen LogP contribution in [-0.2, 0) is 4.79 Å². The van der Waals surface area contributed by atoms with Crippen LogP contribution in [0.25, 0.3) is 0 Å². The third-order valence-corrected chi connectivity index (χ3v) is 3.56. The molecule has 102 valence electrons. The molecule has 0 fully saturated rings. The third kappa shape index (κ3) is 3.65. The number of anilines is 1. The van der Waals surface area contributed by atoms with Gasteiger partial charge in [0.05, 0.1) is 4.99 Å². The smallest absolute Gasteiger partial charge is 0.238 e. The van der Waals surface area contributed by atoms with Crippen LogP contribution in [0.4, 0.5) is 5.69 Å². The first-order valence-electron chi connectivity index (χ1n) is 5.98. The van der Waals surface area contributed by atoms with Crippen molar-refractivity contribution in [3.8, 4) is 0 Å². The molecule has 0 saturated heterocycles. The minimum atomic E-state index is -0.630. The molecule has 2 rings (SSSR count). The second kappa shape index (κ2) is 6.63. The van der Waals surface area contributed by atoms with Crippen LogP contribution in [0.3, 0.4) is 0 Å². The molecule has 2 aromatic rings. The third-order valence-electron chi connectivity index (χ3n) is 2.79. The van der Waals surface area contributed by atoms with E-state index in [4.69, 9.17) is 18.0 Å². The molecule has 3 nitrogen and oxygen atoms in total. The molecule has 3 N–H and O–H groups in total. The Kier molecular flexibility index (Phi) is 4.87. The monoisotopic (exact) mass is 348 g/mol. The fourth-order valence-electron chi connectivity index (χ4n) is 1.84. The predicted molar refractivity (Wildman–Crippen MR) is 88.7 cm³/mol. The van der Waals surface area contributed by atoms with Crippen LogP contribution >= 0.6 is 28.1 Å². The number of nitrogens with one attached hydrogen (secondary N) is 1. The second-order valence-electron chi connectivity index (χ2n) is 4.24. The quantitative estimate of drug-likeness (QED) is 0.832. The summed E-state index contributed by atoms with van der Waals surface area (Å²) >= 11 is 8.37. The molecule has 1 amide bonds. The van der Waals surface area contributed by atoms with Crippen molar-refractivity contribution in [3.05, 3.63) is 64.6 Å². The first-order valence-corrected chi connectivity index (χ1v) is 7.19. The van der Waals surface area contributed by atoms with Gasteiger partial charge in [-0.05, 0) is 29.8 Å². The fourth-order valence-corrected chi connectivity index (χ4v) is 2.35. The van der Waals surface area contributed by atoms with Gasteiger partial charge in [0.15, 0.2) is 0 Å². The molecule has 0 bridgehead atoms. The average molecular weight is 349 g/mol. The molecule has 1 atom stereocenters. The van der Waals surface area contributed by atoms with E-state index in [0.717, 1.165) is 10.0 Å². The fraction of sp³-hybridized carbons (Fsp3) is 0.0667. The number of hydrogen-bond donors (Lipinski definition) is 2. The van der Waals surface area contributed by atoms with Crippen molar-refractivity contribution in [2.75, 3.05) is 5.32 Å². The molecule has 1 unspecified atom stereocenters. The molecular weight excluding hydrogens is 336 g/mol. The highest BCUT2D eigenvalue weighted by Gasteiger charge is 2.23. The van der Waals surface area contributed by atoms with Crippen LogP contribution in [0.15, 0.2) is 59.1 Å². The molecule has 0 spiro atoms. The number of amides is 1. The van der Waals surface area contributed by atoms with Crippen molar-refractivity contribution in [1.29, 1.82) is 0 Å². The van der Waals surface area contributed by atoms with E-state index in [1.54, 1.807) is 0 Å². The summed E-state index contributed by atoms with van der Waals surface area (Å²) in [7, 11) is 0. The van der Waals surface area contributed by atoms with Crippen molar-refractivity contribution in [2.24, 2.45) is 5.73 Å². The topological polar surface area (TPSA) is 55.1 Å². The van der Waals surface area contributed by atoms with Crippen molar-refractivity contribution in [2.45, 2.75) is 5.92 Å². The summed E-state index contributed by atoms with van der Waals surface area (Å²) in [5.74, 6) is -0.860. The number of carbonyl (C=O) groups is 1. The lowest BCUT2D eigenvalue weighted by molar-refractivity contribution is -0.116. The number of carbonyl (C=O) groups excluding carboxylic acids is 1. The summed E-state index contributed by atoms with van der Waals surface area (Å²) in [6.07, 6.45) is 0.